The molecule has 0 bridgehead atoms. The minimum absolute atomic E-state index is 0.268. The number of aromatic amines is 1. The highest BCUT2D eigenvalue weighted by Gasteiger charge is 2.21. The van der Waals surface area contributed by atoms with Gasteiger partial charge in [-0.05, 0) is 20.3 Å². The van der Waals surface area contributed by atoms with Crippen LogP contribution >= 0.6 is 0 Å². The van der Waals surface area contributed by atoms with Crippen molar-refractivity contribution in [1.82, 2.24) is 24.0 Å². The molecule has 1 fully saturated rings. The van der Waals surface area contributed by atoms with E-state index >= 15 is 0 Å². The molecular formula is C16H26N6O3. The van der Waals surface area contributed by atoms with Gasteiger partial charge in [-0.1, -0.05) is 0 Å². The van der Waals surface area contributed by atoms with Crippen LogP contribution in [0.1, 0.15) is 20.3 Å². The van der Waals surface area contributed by atoms with Crippen molar-refractivity contribution < 1.29 is 4.74 Å². The van der Waals surface area contributed by atoms with E-state index in [1.165, 1.54) is 4.57 Å². The Morgan fingerprint density at radius 1 is 1.20 bits per heavy atom. The number of aryl methyl sites for hydroxylation is 2. The van der Waals surface area contributed by atoms with E-state index in [2.05, 4.69) is 34.0 Å². The van der Waals surface area contributed by atoms with Gasteiger partial charge in [-0.25, -0.2) is 4.79 Å². The first-order valence-corrected chi connectivity index (χ1v) is 8.64. The number of rotatable bonds is 5. The number of morpholine rings is 1. The second-order valence-electron chi connectivity index (χ2n) is 6.78. The molecule has 2 aromatic rings. The monoisotopic (exact) mass is 350 g/mol. The number of fused-ring (bicyclic) bond motifs is 1. The number of anilines is 1. The molecule has 2 N–H and O–H groups in total. The van der Waals surface area contributed by atoms with Crippen molar-refractivity contribution in [1.29, 1.82) is 0 Å². The molecule has 0 amide bonds. The van der Waals surface area contributed by atoms with Crippen molar-refractivity contribution in [2.24, 2.45) is 14.1 Å². The van der Waals surface area contributed by atoms with Crippen molar-refractivity contribution in [2.75, 3.05) is 31.5 Å². The summed E-state index contributed by atoms with van der Waals surface area (Å²) in [5.74, 6) is 0.588. The van der Waals surface area contributed by atoms with E-state index < -0.39 is 11.2 Å². The largest absolute Gasteiger partial charge is 0.373 e. The normalized spacial score (nSPS) is 21.8. The maximum absolute atomic E-state index is 12.0. The zero-order chi connectivity index (χ0) is 18.1. The number of hydrogen-bond donors (Lipinski definition) is 2. The maximum Gasteiger partial charge on any atom is 0.329 e. The highest BCUT2D eigenvalue weighted by molar-refractivity contribution is 5.73. The van der Waals surface area contributed by atoms with Crippen molar-refractivity contribution in [2.45, 2.75) is 32.5 Å². The third-order valence-electron chi connectivity index (χ3n) is 4.56. The van der Waals surface area contributed by atoms with E-state index in [-0.39, 0.29) is 12.2 Å². The zero-order valence-electron chi connectivity index (χ0n) is 15.2. The molecule has 0 aliphatic carbocycles. The van der Waals surface area contributed by atoms with E-state index in [1.54, 1.807) is 18.7 Å². The SMILES string of the molecule is CC1CN(CCCNc2nc3c(c(=O)[nH]c(=O)n3C)n2C)CC(C)O1. The maximum atomic E-state index is 12.0. The Bertz CT molecular complexity index is 857. The number of ether oxygens (including phenoxy) is 1. The molecular weight excluding hydrogens is 324 g/mol. The lowest BCUT2D eigenvalue weighted by molar-refractivity contribution is -0.0678. The van der Waals surface area contributed by atoms with Gasteiger partial charge in [0, 0.05) is 40.3 Å². The van der Waals surface area contributed by atoms with E-state index in [0.717, 1.165) is 32.6 Å². The summed E-state index contributed by atoms with van der Waals surface area (Å²) in [6, 6.07) is 0. The van der Waals surface area contributed by atoms with Crippen LogP contribution in [0.4, 0.5) is 5.95 Å². The summed E-state index contributed by atoms with van der Waals surface area (Å²) in [4.78, 5) is 32.8. The van der Waals surface area contributed by atoms with E-state index in [1.807, 2.05) is 0 Å². The summed E-state index contributed by atoms with van der Waals surface area (Å²) in [5.41, 5.74) is -0.106. The van der Waals surface area contributed by atoms with Crippen LogP contribution in [0.5, 0.6) is 0 Å². The topological polar surface area (TPSA) is 97.2 Å². The third kappa shape index (κ3) is 3.62. The minimum Gasteiger partial charge on any atom is -0.373 e. The van der Waals surface area contributed by atoms with Crippen molar-refractivity contribution in [3.8, 4) is 0 Å². The quantitative estimate of drug-likeness (QED) is 0.729. The number of imidazole rings is 1. The van der Waals surface area contributed by atoms with Crippen LogP contribution in [0.3, 0.4) is 0 Å². The molecule has 9 heteroatoms. The van der Waals surface area contributed by atoms with Crippen LogP contribution in [0.25, 0.3) is 11.2 Å². The highest BCUT2D eigenvalue weighted by Crippen LogP contribution is 2.13. The van der Waals surface area contributed by atoms with Crippen molar-refractivity contribution >= 4 is 17.1 Å². The fourth-order valence-corrected chi connectivity index (χ4v) is 3.44. The Kier molecular flexibility index (Phi) is 4.96. The van der Waals surface area contributed by atoms with Crippen LogP contribution in [0, 0.1) is 0 Å². The summed E-state index contributed by atoms with van der Waals surface area (Å²) < 4.78 is 8.78. The van der Waals surface area contributed by atoms with Gasteiger partial charge in [0.15, 0.2) is 11.2 Å². The van der Waals surface area contributed by atoms with Gasteiger partial charge >= 0.3 is 5.69 Å². The summed E-state index contributed by atoms with van der Waals surface area (Å²) in [5, 5.41) is 3.26. The number of hydrogen-bond acceptors (Lipinski definition) is 6. The molecule has 2 aromatic heterocycles. The number of aromatic nitrogens is 4. The van der Waals surface area contributed by atoms with E-state index in [9.17, 15) is 9.59 Å². The van der Waals surface area contributed by atoms with E-state index in [0.29, 0.717) is 17.1 Å². The lowest BCUT2D eigenvalue weighted by Gasteiger charge is -2.35. The first kappa shape index (κ1) is 17.7. The van der Waals surface area contributed by atoms with Gasteiger partial charge in [-0.15, -0.1) is 0 Å². The van der Waals surface area contributed by atoms with Gasteiger partial charge in [0.2, 0.25) is 5.95 Å². The Hall–Kier alpha value is -2.13. The van der Waals surface area contributed by atoms with Gasteiger partial charge < -0.3 is 14.6 Å². The van der Waals surface area contributed by atoms with Crippen LogP contribution < -0.4 is 16.6 Å². The second-order valence-corrected chi connectivity index (χ2v) is 6.78. The molecule has 0 spiro atoms. The number of H-pyrrole nitrogens is 1. The van der Waals surface area contributed by atoms with Crippen LogP contribution in [0.2, 0.25) is 0 Å². The highest BCUT2D eigenvalue weighted by atomic mass is 16.5. The van der Waals surface area contributed by atoms with Crippen LogP contribution in [-0.2, 0) is 18.8 Å². The molecule has 3 rings (SSSR count). The minimum atomic E-state index is -0.460. The molecule has 1 aliphatic rings. The van der Waals surface area contributed by atoms with Crippen molar-refractivity contribution in [3.05, 3.63) is 20.8 Å². The summed E-state index contributed by atoms with van der Waals surface area (Å²) in [6.07, 6.45) is 1.49. The average Bonchev–Trinajstić information content (AvgIpc) is 2.86. The Balaban J connectivity index is 1.63. The summed E-state index contributed by atoms with van der Waals surface area (Å²) in [6.45, 7) is 7.82. The molecule has 1 aliphatic heterocycles. The van der Waals surface area contributed by atoms with Gasteiger partial charge in [0.1, 0.15) is 0 Å². The molecule has 9 nitrogen and oxygen atoms in total. The van der Waals surface area contributed by atoms with Crippen LogP contribution in [0.15, 0.2) is 9.59 Å². The number of nitrogens with one attached hydrogen (secondary N) is 2. The van der Waals surface area contributed by atoms with Gasteiger partial charge in [-0.2, -0.15) is 4.98 Å². The third-order valence-corrected chi connectivity index (χ3v) is 4.56. The molecule has 1 saturated heterocycles. The molecule has 0 saturated carbocycles. The Morgan fingerprint density at radius 2 is 1.88 bits per heavy atom. The average molecular weight is 350 g/mol. The first-order chi connectivity index (χ1) is 11.9. The van der Waals surface area contributed by atoms with Gasteiger partial charge in [0.25, 0.3) is 5.56 Å². The fourth-order valence-electron chi connectivity index (χ4n) is 3.44. The zero-order valence-corrected chi connectivity index (χ0v) is 15.2. The van der Waals surface area contributed by atoms with Crippen LogP contribution in [-0.4, -0.2) is 62.4 Å². The Morgan fingerprint density at radius 3 is 2.56 bits per heavy atom. The summed E-state index contributed by atoms with van der Waals surface area (Å²) in [7, 11) is 3.36. The van der Waals surface area contributed by atoms with Gasteiger partial charge in [0.05, 0.1) is 12.2 Å². The standard InChI is InChI=1S/C16H26N6O3/c1-10-8-22(9-11(2)25-10)7-5-6-17-15-18-13-12(20(15)3)14(23)19-16(24)21(13)4/h10-11H,5-9H2,1-4H3,(H,17,18)(H,19,23,24). The second kappa shape index (κ2) is 7.01. The summed E-state index contributed by atoms with van der Waals surface area (Å²) >= 11 is 0. The molecule has 25 heavy (non-hydrogen) atoms. The number of nitrogens with zero attached hydrogens (tertiary/aromatic N) is 4. The van der Waals surface area contributed by atoms with E-state index in [4.69, 9.17) is 4.74 Å². The first-order valence-electron chi connectivity index (χ1n) is 8.64. The lowest BCUT2D eigenvalue weighted by Crippen LogP contribution is -2.45. The smallest absolute Gasteiger partial charge is 0.329 e. The predicted molar refractivity (Wildman–Crippen MR) is 96.1 cm³/mol. The molecule has 0 radical (unpaired) electrons. The lowest BCUT2D eigenvalue weighted by atomic mass is 10.2. The fraction of sp³-hybridized carbons (Fsp3) is 0.688. The van der Waals surface area contributed by atoms with Crippen molar-refractivity contribution in [3.63, 3.8) is 0 Å². The molecule has 3 heterocycles. The Labute approximate surface area is 145 Å². The molecule has 138 valence electrons. The molecule has 0 aromatic carbocycles. The molecule has 2 unspecified atom stereocenters. The predicted octanol–water partition coefficient (Wildman–Crippen LogP) is -0.128. The van der Waals surface area contributed by atoms with Gasteiger partial charge in [-0.3, -0.25) is 19.2 Å². The molecule has 2 atom stereocenters.